The average molecular weight is 478 g/mol. The molecule has 8 heteroatoms. The smallest absolute Gasteiger partial charge is 0.247 e. The molecule has 1 aliphatic rings. The first-order valence-corrected chi connectivity index (χ1v) is 12.7. The Hall–Kier alpha value is -3.42. The van der Waals surface area contributed by atoms with E-state index >= 15 is 0 Å². The number of rotatable bonds is 11. The molecule has 1 aliphatic carbocycles. The van der Waals surface area contributed by atoms with E-state index in [1.54, 1.807) is 9.58 Å². The van der Waals surface area contributed by atoms with Crippen LogP contribution >= 0.6 is 0 Å². The number of hydrogen-bond acceptors (Lipinski definition) is 5. The fraction of sp³-hybridized carbons (Fsp3) is 0.481. The number of ether oxygens (including phenoxy) is 1. The second-order valence-corrected chi connectivity index (χ2v) is 9.07. The SMILES string of the molecule is CCCCN(C(=O)Cn1nnc2ccccc21)C(C(=O)NC1CCCC1)c1ccc(OCC)cc1. The molecule has 0 radical (unpaired) electrons. The van der Waals surface area contributed by atoms with Crippen molar-refractivity contribution in [2.75, 3.05) is 13.2 Å². The van der Waals surface area contributed by atoms with Crippen LogP contribution < -0.4 is 10.1 Å². The lowest BCUT2D eigenvalue weighted by atomic mass is 10.0. The molecule has 1 atom stereocenters. The normalized spacial score (nSPS) is 14.7. The van der Waals surface area contributed by atoms with Crippen molar-refractivity contribution in [3.8, 4) is 5.75 Å². The molecule has 186 valence electrons. The van der Waals surface area contributed by atoms with Gasteiger partial charge in [0, 0.05) is 12.6 Å². The van der Waals surface area contributed by atoms with Crippen molar-refractivity contribution in [3.63, 3.8) is 0 Å². The molecule has 3 aromatic rings. The molecule has 1 heterocycles. The molecule has 4 rings (SSSR count). The number of carbonyl (C=O) groups is 2. The molecule has 1 N–H and O–H groups in total. The molecular weight excluding hydrogens is 442 g/mol. The van der Waals surface area contributed by atoms with Gasteiger partial charge in [0.15, 0.2) is 0 Å². The molecule has 2 aromatic carbocycles. The predicted molar refractivity (Wildman–Crippen MR) is 135 cm³/mol. The maximum absolute atomic E-state index is 13.7. The molecule has 0 saturated heterocycles. The second-order valence-electron chi connectivity index (χ2n) is 9.07. The summed E-state index contributed by atoms with van der Waals surface area (Å²) in [4.78, 5) is 29.1. The van der Waals surface area contributed by atoms with Gasteiger partial charge < -0.3 is 15.0 Å². The van der Waals surface area contributed by atoms with Crippen molar-refractivity contribution in [2.24, 2.45) is 0 Å². The van der Waals surface area contributed by atoms with E-state index in [-0.39, 0.29) is 24.4 Å². The van der Waals surface area contributed by atoms with Crippen LogP contribution in [0.15, 0.2) is 48.5 Å². The van der Waals surface area contributed by atoms with Gasteiger partial charge in [-0.15, -0.1) is 5.10 Å². The molecule has 2 amide bonds. The summed E-state index contributed by atoms with van der Waals surface area (Å²) < 4.78 is 7.20. The maximum atomic E-state index is 13.7. The Bertz CT molecular complexity index is 1120. The molecule has 1 aromatic heterocycles. The van der Waals surface area contributed by atoms with Crippen LogP contribution in [0.3, 0.4) is 0 Å². The van der Waals surface area contributed by atoms with Crippen LogP contribution in [-0.2, 0) is 16.1 Å². The predicted octanol–water partition coefficient (Wildman–Crippen LogP) is 4.26. The Kier molecular flexibility index (Phi) is 8.34. The van der Waals surface area contributed by atoms with E-state index in [1.807, 2.05) is 55.5 Å². The van der Waals surface area contributed by atoms with Gasteiger partial charge in [0.1, 0.15) is 23.9 Å². The highest BCUT2D eigenvalue weighted by atomic mass is 16.5. The van der Waals surface area contributed by atoms with Gasteiger partial charge in [-0.25, -0.2) is 4.68 Å². The van der Waals surface area contributed by atoms with E-state index in [0.717, 1.165) is 60.9 Å². The number of benzene rings is 2. The van der Waals surface area contributed by atoms with Gasteiger partial charge in [-0.05, 0) is 56.0 Å². The fourth-order valence-electron chi connectivity index (χ4n) is 4.72. The minimum Gasteiger partial charge on any atom is -0.494 e. The first kappa shape index (κ1) is 24.7. The Morgan fingerprint density at radius 1 is 1.11 bits per heavy atom. The van der Waals surface area contributed by atoms with E-state index in [2.05, 4.69) is 22.6 Å². The summed E-state index contributed by atoms with van der Waals surface area (Å²) in [5, 5.41) is 11.6. The zero-order valence-corrected chi connectivity index (χ0v) is 20.7. The summed E-state index contributed by atoms with van der Waals surface area (Å²) in [5.41, 5.74) is 2.31. The van der Waals surface area contributed by atoms with Crippen LogP contribution in [0.4, 0.5) is 0 Å². The van der Waals surface area contributed by atoms with Crippen molar-refractivity contribution in [1.29, 1.82) is 0 Å². The van der Waals surface area contributed by atoms with E-state index in [9.17, 15) is 9.59 Å². The maximum Gasteiger partial charge on any atom is 0.247 e. The molecular formula is C27H35N5O3. The van der Waals surface area contributed by atoms with Crippen LogP contribution in [-0.4, -0.2) is 50.9 Å². The van der Waals surface area contributed by atoms with Gasteiger partial charge in [-0.2, -0.15) is 0 Å². The number of nitrogens with one attached hydrogen (secondary N) is 1. The number of carbonyl (C=O) groups excluding carboxylic acids is 2. The van der Waals surface area contributed by atoms with Crippen LogP contribution in [0.25, 0.3) is 11.0 Å². The lowest BCUT2D eigenvalue weighted by Crippen LogP contribution is -2.47. The number of aromatic nitrogens is 3. The summed E-state index contributed by atoms with van der Waals surface area (Å²) in [7, 11) is 0. The average Bonchev–Trinajstić information content (AvgIpc) is 3.53. The van der Waals surface area contributed by atoms with Gasteiger partial charge in [0.2, 0.25) is 11.8 Å². The highest BCUT2D eigenvalue weighted by molar-refractivity contribution is 5.89. The standard InChI is InChI=1S/C27H35N5O3/c1-3-5-18-31(25(33)19-32-24-13-9-8-12-23(24)29-30-32)26(27(34)28-21-10-6-7-11-21)20-14-16-22(17-15-20)35-4-2/h8-9,12-17,21,26H,3-7,10-11,18-19H2,1-2H3,(H,28,34). The van der Waals surface area contributed by atoms with Crippen molar-refractivity contribution in [1.82, 2.24) is 25.2 Å². The third kappa shape index (κ3) is 5.99. The van der Waals surface area contributed by atoms with E-state index in [4.69, 9.17) is 4.74 Å². The lowest BCUT2D eigenvalue weighted by molar-refractivity contribution is -0.141. The summed E-state index contributed by atoms with van der Waals surface area (Å²) in [6.07, 6.45) is 5.92. The first-order chi connectivity index (χ1) is 17.1. The van der Waals surface area contributed by atoms with Crippen molar-refractivity contribution in [3.05, 3.63) is 54.1 Å². The van der Waals surface area contributed by atoms with Crippen LogP contribution in [0.2, 0.25) is 0 Å². The Morgan fingerprint density at radius 2 is 1.86 bits per heavy atom. The molecule has 0 spiro atoms. The number of para-hydroxylation sites is 1. The zero-order valence-electron chi connectivity index (χ0n) is 20.7. The second kappa shape index (κ2) is 11.8. The fourth-order valence-corrected chi connectivity index (χ4v) is 4.72. The number of unbranched alkanes of at least 4 members (excludes halogenated alkanes) is 1. The van der Waals surface area contributed by atoms with Gasteiger partial charge in [0.05, 0.1) is 12.1 Å². The Balaban J connectivity index is 1.64. The van der Waals surface area contributed by atoms with Crippen molar-refractivity contribution < 1.29 is 14.3 Å². The van der Waals surface area contributed by atoms with Crippen molar-refractivity contribution in [2.45, 2.75) is 71.0 Å². The Labute approximate surface area is 206 Å². The summed E-state index contributed by atoms with van der Waals surface area (Å²) >= 11 is 0. The number of fused-ring (bicyclic) bond motifs is 1. The lowest BCUT2D eigenvalue weighted by Gasteiger charge is -2.32. The van der Waals surface area contributed by atoms with Gasteiger partial charge >= 0.3 is 0 Å². The highest BCUT2D eigenvalue weighted by Crippen LogP contribution is 2.27. The summed E-state index contributed by atoms with van der Waals surface area (Å²) in [5.74, 6) is 0.454. The third-order valence-electron chi connectivity index (χ3n) is 6.55. The zero-order chi connectivity index (χ0) is 24.6. The topological polar surface area (TPSA) is 89.4 Å². The minimum absolute atomic E-state index is 0.0223. The van der Waals surface area contributed by atoms with Crippen LogP contribution in [0.1, 0.15) is 64.0 Å². The number of nitrogens with zero attached hydrogens (tertiary/aromatic N) is 4. The molecule has 1 fully saturated rings. The Morgan fingerprint density at radius 3 is 2.57 bits per heavy atom. The van der Waals surface area contributed by atoms with Gasteiger partial charge in [-0.1, -0.05) is 55.7 Å². The van der Waals surface area contributed by atoms with Crippen molar-refractivity contribution >= 4 is 22.8 Å². The van der Waals surface area contributed by atoms with E-state index in [1.165, 1.54) is 0 Å². The van der Waals surface area contributed by atoms with Gasteiger partial charge in [-0.3, -0.25) is 9.59 Å². The first-order valence-electron chi connectivity index (χ1n) is 12.7. The highest BCUT2D eigenvalue weighted by Gasteiger charge is 2.33. The van der Waals surface area contributed by atoms with E-state index < -0.39 is 6.04 Å². The van der Waals surface area contributed by atoms with Crippen LogP contribution in [0, 0.1) is 0 Å². The summed E-state index contributed by atoms with van der Waals surface area (Å²) in [6, 6.07) is 14.5. The molecule has 0 aliphatic heterocycles. The number of hydrogen-bond donors (Lipinski definition) is 1. The molecule has 1 unspecified atom stereocenters. The largest absolute Gasteiger partial charge is 0.494 e. The monoisotopic (exact) mass is 477 g/mol. The quantitative estimate of drug-likeness (QED) is 0.446. The minimum atomic E-state index is -0.722. The molecule has 8 nitrogen and oxygen atoms in total. The van der Waals surface area contributed by atoms with E-state index in [0.29, 0.717) is 13.2 Å². The molecule has 0 bridgehead atoms. The summed E-state index contributed by atoms with van der Waals surface area (Å²) in [6.45, 7) is 5.09. The van der Waals surface area contributed by atoms with Gasteiger partial charge in [0.25, 0.3) is 0 Å². The molecule has 1 saturated carbocycles. The molecule has 35 heavy (non-hydrogen) atoms. The van der Waals surface area contributed by atoms with Crippen LogP contribution in [0.5, 0.6) is 5.75 Å². The number of amides is 2. The third-order valence-corrected chi connectivity index (χ3v) is 6.55.